The first kappa shape index (κ1) is 19.5. The van der Waals surface area contributed by atoms with Gasteiger partial charge in [0.1, 0.15) is 12.1 Å². The van der Waals surface area contributed by atoms with Gasteiger partial charge in [0.2, 0.25) is 5.91 Å². The Balaban J connectivity index is 1.19. The number of piperazine rings is 1. The van der Waals surface area contributed by atoms with Crippen LogP contribution in [0.2, 0.25) is 0 Å². The fourth-order valence-corrected chi connectivity index (χ4v) is 4.36. The van der Waals surface area contributed by atoms with Gasteiger partial charge in [0.25, 0.3) is 0 Å². The van der Waals surface area contributed by atoms with Crippen molar-refractivity contribution in [2.24, 2.45) is 5.92 Å². The maximum absolute atomic E-state index is 13.2. The highest BCUT2D eigenvalue weighted by molar-refractivity contribution is 5.80. The number of pyridine rings is 1. The SMILES string of the molecule is O=C([C@@H]1CCCN(c2ccc(-n3ccnc3)nn2)C1)N1CCN(c2ccccn2)CC1. The Morgan fingerprint density at radius 1 is 0.871 bits per heavy atom. The van der Waals surface area contributed by atoms with Crippen LogP contribution in [0, 0.1) is 5.92 Å². The molecule has 0 radical (unpaired) electrons. The van der Waals surface area contributed by atoms with Gasteiger partial charge in [-0.1, -0.05) is 6.07 Å². The van der Waals surface area contributed by atoms with Gasteiger partial charge in [0, 0.05) is 57.9 Å². The predicted octanol–water partition coefficient (Wildman–Crippen LogP) is 1.62. The second-order valence-corrected chi connectivity index (χ2v) is 8.01. The molecule has 0 spiro atoms. The zero-order valence-electron chi connectivity index (χ0n) is 17.4. The fraction of sp³-hybridized carbons (Fsp3) is 0.409. The largest absolute Gasteiger partial charge is 0.354 e. The van der Waals surface area contributed by atoms with Crippen LogP contribution in [0.4, 0.5) is 11.6 Å². The quantitative estimate of drug-likeness (QED) is 0.637. The number of hydrogen-bond donors (Lipinski definition) is 0. The molecule has 2 aliphatic heterocycles. The second kappa shape index (κ2) is 8.71. The summed E-state index contributed by atoms with van der Waals surface area (Å²) < 4.78 is 1.82. The highest BCUT2D eigenvalue weighted by atomic mass is 16.2. The van der Waals surface area contributed by atoms with E-state index in [0.717, 1.165) is 63.0 Å². The van der Waals surface area contributed by atoms with Gasteiger partial charge in [0.05, 0.1) is 5.92 Å². The first-order valence-corrected chi connectivity index (χ1v) is 10.8. The lowest BCUT2D eigenvalue weighted by Crippen LogP contribution is -2.52. The third kappa shape index (κ3) is 4.21. The Morgan fingerprint density at radius 2 is 1.71 bits per heavy atom. The van der Waals surface area contributed by atoms with Gasteiger partial charge in [-0.25, -0.2) is 9.97 Å². The third-order valence-corrected chi connectivity index (χ3v) is 6.06. The van der Waals surface area contributed by atoms with E-state index in [0.29, 0.717) is 6.54 Å². The number of carbonyl (C=O) groups is 1. The van der Waals surface area contributed by atoms with Gasteiger partial charge in [-0.15, -0.1) is 10.2 Å². The number of piperidine rings is 1. The smallest absolute Gasteiger partial charge is 0.227 e. The van der Waals surface area contributed by atoms with Gasteiger partial charge in [-0.2, -0.15) is 0 Å². The molecule has 9 heteroatoms. The number of hydrogen-bond acceptors (Lipinski definition) is 7. The van der Waals surface area contributed by atoms with Crippen molar-refractivity contribution < 1.29 is 4.79 Å². The van der Waals surface area contributed by atoms with E-state index < -0.39 is 0 Å². The molecule has 5 heterocycles. The van der Waals surface area contributed by atoms with Crippen molar-refractivity contribution >= 4 is 17.5 Å². The number of anilines is 2. The molecule has 0 N–H and O–H groups in total. The molecule has 9 nitrogen and oxygen atoms in total. The standard InChI is InChI=1S/C22H26N8O/c31-22(28-14-12-27(13-15-28)19-5-1-2-8-24-19)18-4-3-10-29(16-18)20-6-7-21(26-25-20)30-11-9-23-17-30/h1-2,5-9,11,17-18H,3-4,10,12-16H2/t18-/m1/s1. The monoisotopic (exact) mass is 418 g/mol. The van der Waals surface area contributed by atoms with Crippen LogP contribution < -0.4 is 9.80 Å². The molecule has 160 valence electrons. The maximum atomic E-state index is 13.2. The number of amides is 1. The highest BCUT2D eigenvalue weighted by Gasteiger charge is 2.31. The van der Waals surface area contributed by atoms with Gasteiger partial charge < -0.3 is 14.7 Å². The van der Waals surface area contributed by atoms with Crippen LogP contribution in [0.3, 0.4) is 0 Å². The molecule has 0 unspecified atom stereocenters. The highest BCUT2D eigenvalue weighted by Crippen LogP contribution is 2.24. The molecule has 0 aliphatic carbocycles. The Bertz CT molecular complexity index is 984. The molecule has 1 atom stereocenters. The van der Waals surface area contributed by atoms with Crippen LogP contribution >= 0.6 is 0 Å². The normalized spacial score (nSPS) is 19.5. The zero-order chi connectivity index (χ0) is 21.0. The van der Waals surface area contributed by atoms with E-state index in [2.05, 4.69) is 30.0 Å². The Kier molecular flexibility index (Phi) is 5.47. The summed E-state index contributed by atoms with van der Waals surface area (Å²) in [5.41, 5.74) is 0. The molecule has 2 saturated heterocycles. The molecule has 31 heavy (non-hydrogen) atoms. The number of rotatable bonds is 4. The number of aromatic nitrogens is 5. The Hall–Kier alpha value is -3.49. The van der Waals surface area contributed by atoms with E-state index in [9.17, 15) is 4.79 Å². The van der Waals surface area contributed by atoms with Gasteiger partial charge in [-0.05, 0) is 37.1 Å². The summed E-state index contributed by atoms with van der Waals surface area (Å²) in [6, 6.07) is 9.86. The molecule has 2 fully saturated rings. The van der Waals surface area contributed by atoms with Crippen LogP contribution in [0.25, 0.3) is 5.82 Å². The van der Waals surface area contributed by atoms with E-state index in [1.807, 2.05) is 52.2 Å². The van der Waals surface area contributed by atoms with E-state index in [-0.39, 0.29) is 11.8 Å². The number of nitrogens with zero attached hydrogens (tertiary/aromatic N) is 8. The summed E-state index contributed by atoms with van der Waals surface area (Å²) in [5, 5.41) is 8.71. The first-order valence-electron chi connectivity index (χ1n) is 10.8. The lowest BCUT2D eigenvalue weighted by Gasteiger charge is -2.39. The van der Waals surface area contributed by atoms with Crippen molar-refractivity contribution in [3.63, 3.8) is 0 Å². The molecule has 0 bridgehead atoms. The fourth-order valence-electron chi connectivity index (χ4n) is 4.36. The van der Waals surface area contributed by atoms with E-state index in [4.69, 9.17) is 0 Å². The topological polar surface area (TPSA) is 83.3 Å². The summed E-state index contributed by atoms with van der Waals surface area (Å²) in [6.07, 6.45) is 8.98. The van der Waals surface area contributed by atoms with E-state index in [1.54, 1.807) is 12.5 Å². The van der Waals surface area contributed by atoms with Crippen molar-refractivity contribution in [2.75, 3.05) is 49.1 Å². The van der Waals surface area contributed by atoms with Gasteiger partial charge >= 0.3 is 0 Å². The Labute approximate surface area is 181 Å². The molecule has 0 saturated carbocycles. The zero-order valence-corrected chi connectivity index (χ0v) is 17.4. The number of imidazole rings is 1. The lowest BCUT2D eigenvalue weighted by molar-refractivity contribution is -0.136. The van der Waals surface area contributed by atoms with Crippen molar-refractivity contribution in [2.45, 2.75) is 12.8 Å². The summed E-state index contributed by atoms with van der Waals surface area (Å²) in [7, 11) is 0. The van der Waals surface area contributed by atoms with Crippen LogP contribution in [0.5, 0.6) is 0 Å². The maximum Gasteiger partial charge on any atom is 0.227 e. The Morgan fingerprint density at radius 3 is 2.42 bits per heavy atom. The van der Waals surface area contributed by atoms with Crippen molar-refractivity contribution in [3.05, 3.63) is 55.2 Å². The molecular weight excluding hydrogens is 392 g/mol. The molecule has 5 rings (SSSR count). The van der Waals surface area contributed by atoms with Crippen molar-refractivity contribution in [1.29, 1.82) is 0 Å². The van der Waals surface area contributed by atoms with Crippen LogP contribution in [0.1, 0.15) is 12.8 Å². The molecule has 3 aromatic heterocycles. The van der Waals surface area contributed by atoms with E-state index in [1.165, 1.54) is 0 Å². The average molecular weight is 419 g/mol. The molecule has 0 aromatic carbocycles. The minimum atomic E-state index is 0.00488. The lowest BCUT2D eigenvalue weighted by atomic mass is 9.96. The third-order valence-electron chi connectivity index (χ3n) is 6.06. The second-order valence-electron chi connectivity index (χ2n) is 8.01. The minimum Gasteiger partial charge on any atom is -0.354 e. The first-order chi connectivity index (χ1) is 15.3. The summed E-state index contributed by atoms with van der Waals surface area (Å²) >= 11 is 0. The number of carbonyl (C=O) groups excluding carboxylic acids is 1. The molecule has 1 amide bonds. The van der Waals surface area contributed by atoms with Crippen molar-refractivity contribution in [3.8, 4) is 5.82 Å². The van der Waals surface area contributed by atoms with Crippen LogP contribution in [0.15, 0.2) is 55.2 Å². The molecular formula is C22H26N8O. The molecule has 3 aromatic rings. The van der Waals surface area contributed by atoms with Crippen LogP contribution in [-0.4, -0.2) is 74.8 Å². The van der Waals surface area contributed by atoms with Crippen molar-refractivity contribution in [1.82, 2.24) is 29.6 Å². The van der Waals surface area contributed by atoms with Crippen LogP contribution in [-0.2, 0) is 4.79 Å². The van der Waals surface area contributed by atoms with E-state index >= 15 is 0 Å². The van der Waals surface area contributed by atoms with Gasteiger partial charge in [-0.3, -0.25) is 9.36 Å². The summed E-state index contributed by atoms with van der Waals surface area (Å²) in [5.74, 6) is 2.80. The summed E-state index contributed by atoms with van der Waals surface area (Å²) in [6.45, 7) is 4.71. The predicted molar refractivity (Wildman–Crippen MR) is 117 cm³/mol. The molecule has 2 aliphatic rings. The summed E-state index contributed by atoms with van der Waals surface area (Å²) in [4.78, 5) is 28.1. The average Bonchev–Trinajstić information content (AvgIpc) is 3.40. The van der Waals surface area contributed by atoms with Gasteiger partial charge in [0.15, 0.2) is 11.6 Å². The minimum absolute atomic E-state index is 0.00488.